The number of ether oxygens (including phenoxy) is 3. The number of hydrogen-bond acceptors (Lipinski definition) is 10. The van der Waals surface area contributed by atoms with Gasteiger partial charge in [-0.3, -0.25) is 14.3 Å². The van der Waals surface area contributed by atoms with Crippen molar-refractivity contribution < 1.29 is 28.4 Å². The average Bonchev–Trinajstić information content (AvgIpc) is 3.62. The summed E-state index contributed by atoms with van der Waals surface area (Å²) in [5.74, 6) is 0. The van der Waals surface area contributed by atoms with Crippen LogP contribution in [-0.4, -0.2) is 70.2 Å². The molecule has 5 rings (SSSR count). The molecule has 2 N–H and O–H groups in total. The van der Waals surface area contributed by atoms with Gasteiger partial charge >= 0.3 is 5.69 Å². The third kappa shape index (κ3) is 5.46. The van der Waals surface area contributed by atoms with E-state index in [1.807, 2.05) is 24.3 Å². The maximum Gasteiger partial charge on any atom is 0.330 e. The van der Waals surface area contributed by atoms with Gasteiger partial charge in [0, 0.05) is 18.3 Å². The van der Waals surface area contributed by atoms with Crippen LogP contribution in [0.1, 0.15) is 43.5 Å². The van der Waals surface area contributed by atoms with Crippen molar-refractivity contribution >= 4 is 8.53 Å². The molecule has 13 heteroatoms. The fraction of sp³-hybridized carbons (Fsp3) is 0.577. The highest BCUT2D eigenvalue weighted by atomic mass is 31.2. The Balaban J connectivity index is 1.43. The van der Waals surface area contributed by atoms with Crippen LogP contribution in [0, 0.1) is 18.3 Å². The lowest BCUT2D eigenvalue weighted by molar-refractivity contribution is -0.137. The van der Waals surface area contributed by atoms with Gasteiger partial charge < -0.3 is 28.4 Å². The Labute approximate surface area is 227 Å². The molecular formula is C26H33N4O8P. The lowest BCUT2D eigenvalue weighted by atomic mass is 9.87. The Bertz CT molecular complexity index is 1300. The van der Waals surface area contributed by atoms with Gasteiger partial charge in [0.1, 0.15) is 30.7 Å². The van der Waals surface area contributed by atoms with Gasteiger partial charge in [-0.25, -0.2) is 9.46 Å². The number of aryl methyl sites for hydroxylation is 1. The van der Waals surface area contributed by atoms with Crippen molar-refractivity contribution in [1.29, 1.82) is 5.26 Å². The van der Waals surface area contributed by atoms with E-state index in [0.29, 0.717) is 5.56 Å². The topological polar surface area (TPSA) is 148 Å². The van der Waals surface area contributed by atoms with Gasteiger partial charge in [-0.2, -0.15) is 5.26 Å². The van der Waals surface area contributed by atoms with Crippen LogP contribution >= 0.6 is 8.53 Å². The summed E-state index contributed by atoms with van der Waals surface area (Å²) in [7, 11) is -1.57. The lowest BCUT2D eigenvalue weighted by Crippen LogP contribution is -2.41. The number of nitrogens with one attached hydrogen (secondary N) is 1. The highest BCUT2D eigenvalue weighted by Gasteiger charge is 2.58. The number of aromatic nitrogens is 2. The molecule has 210 valence electrons. The van der Waals surface area contributed by atoms with E-state index in [1.165, 1.54) is 10.8 Å². The van der Waals surface area contributed by atoms with Gasteiger partial charge in [0.05, 0.1) is 31.7 Å². The molecule has 7 atom stereocenters. The molecule has 0 aliphatic carbocycles. The SMILES string of the molecule is Cc1cn([C@@H]2O[C@H](CO)C(O[P@@]3O[C@](C)(c4ccccc4)[C@@H]4CCCN43)[C@@H]2OCOCCC#N)c(=O)[nH]c1=O. The Morgan fingerprint density at radius 3 is 2.82 bits per heavy atom. The largest absolute Gasteiger partial charge is 0.394 e. The minimum atomic E-state index is -1.57. The van der Waals surface area contributed by atoms with Crippen molar-refractivity contribution in [3.63, 3.8) is 0 Å². The predicted octanol–water partition coefficient (Wildman–Crippen LogP) is 2.03. The molecule has 0 radical (unpaired) electrons. The van der Waals surface area contributed by atoms with E-state index in [-0.39, 0.29) is 25.9 Å². The molecule has 0 saturated carbocycles. The Morgan fingerprint density at radius 1 is 1.28 bits per heavy atom. The molecule has 1 unspecified atom stereocenters. The average molecular weight is 561 g/mol. The summed E-state index contributed by atoms with van der Waals surface area (Å²) in [5, 5.41) is 19.0. The fourth-order valence-corrected chi connectivity index (χ4v) is 7.60. The molecule has 3 aliphatic rings. The van der Waals surface area contributed by atoms with Gasteiger partial charge in [0.15, 0.2) is 6.23 Å². The molecule has 3 aliphatic heterocycles. The van der Waals surface area contributed by atoms with Gasteiger partial charge in [0.2, 0.25) is 0 Å². The number of nitrogens with zero attached hydrogens (tertiary/aromatic N) is 3. The molecule has 12 nitrogen and oxygen atoms in total. The van der Waals surface area contributed by atoms with Crippen molar-refractivity contribution in [2.24, 2.45) is 0 Å². The zero-order valence-electron chi connectivity index (χ0n) is 21.9. The predicted molar refractivity (Wildman–Crippen MR) is 139 cm³/mol. The summed E-state index contributed by atoms with van der Waals surface area (Å²) >= 11 is 0. The summed E-state index contributed by atoms with van der Waals surface area (Å²) in [6, 6.07) is 12.2. The first-order valence-electron chi connectivity index (χ1n) is 13.0. The first-order chi connectivity index (χ1) is 18.9. The number of aromatic amines is 1. The quantitative estimate of drug-likeness (QED) is 0.251. The zero-order chi connectivity index (χ0) is 27.6. The lowest BCUT2D eigenvalue weighted by Gasteiger charge is -2.29. The fourth-order valence-electron chi connectivity index (χ4n) is 5.44. The summed E-state index contributed by atoms with van der Waals surface area (Å²) in [6.07, 6.45) is 0.00244. The Morgan fingerprint density at radius 2 is 2.08 bits per heavy atom. The number of aliphatic hydroxyl groups excluding tert-OH is 1. The second-order valence-corrected chi connectivity index (χ2v) is 11.4. The number of rotatable bonds is 10. The van der Waals surface area contributed by atoms with Gasteiger partial charge in [-0.15, -0.1) is 0 Å². The van der Waals surface area contributed by atoms with Crippen LogP contribution in [0.2, 0.25) is 0 Å². The van der Waals surface area contributed by atoms with E-state index < -0.39 is 56.5 Å². The number of fused-ring (bicyclic) bond motifs is 1. The first-order valence-corrected chi connectivity index (χ1v) is 14.1. The number of H-pyrrole nitrogens is 1. The van der Waals surface area contributed by atoms with E-state index in [1.54, 1.807) is 6.92 Å². The molecule has 0 amide bonds. The van der Waals surface area contributed by atoms with Crippen LogP contribution in [0.15, 0.2) is 46.1 Å². The number of hydrogen-bond donors (Lipinski definition) is 2. The minimum Gasteiger partial charge on any atom is -0.394 e. The van der Waals surface area contributed by atoms with Crippen molar-refractivity contribution in [2.75, 3.05) is 26.6 Å². The van der Waals surface area contributed by atoms with Crippen LogP contribution in [0.25, 0.3) is 0 Å². The maximum absolute atomic E-state index is 12.8. The molecule has 1 aromatic heterocycles. The molecule has 3 saturated heterocycles. The molecule has 39 heavy (non-hydrogen) atoms. The first kappa shape index (κ1) is 28.1. The highest BCUT2D eigenvalue weighted by molar-refractivity contribution is 7.45. The number of nitriles is 1. The van der Waals surface area contributed by atoms with Crippen molar-refractivity contribution in [1.82, 2.24) is 14.2 Å². The highest BCUT2D eigenvalue weighted by Crippen LogP contribution is 2.64. The van der Waals surface area contributed by atoms with Crippen LogP contribution in [0.5, 0.6) is 0 Å². The Hall–Kier alpha value is -2.46. The molecule has 0 bridgehead atoms. The van der Waals surface area contributed by atoms with Gasteiger partial charge in [-0.05, 0) is 32.3 Å². The molecule has 4 heterocycles. The smallest absolute Gasteiger partial charge is 0.330 e. The summed E-state index contributed by atoms with van der Waals surface area (Å²) in [6.45, 7) is 4.05. The zero-order valence-corrected chi connectivity index (χ0v) is 22.8. The summed E-state index contributed by atoms with van der Waals surface area (Å²) in [5.41, 5.74) is -0.383. The molecule has 0 spiro atoms. The van der Waals surface area contributed by atoms with Gasteiger partial charge in [-0.1, -0.05) is 30.3 Å². The molecule has 1 aromatic carbocycles. The maximum atomic E-state index is 12.8. The van der Waals surface area contributed by atoms with E-state index in [4.69, 9.17) is 28.5 Å². The standard InChI is InChI=1S/C26H33N4O8P/c1-17-14-29(25(33)28-23(17)32)24-22(35-16-34-13-7-11-27)21(19(15-31)36-24)37-39-30-12-6-10-20(30)26(2,38-39)18-8-4-3-5-9-18/h3-5,8-9,14,19-22,24,31H,6-7,10,12-13,15-16H2,1-2H3,(H,28,32,33)/t19-,20+,21?,22+,24-,26-,39+/m1/s1. The van der Waals surface area contributed by atoms with Crippen molar-refractivity contribution in [3.05, 3.63) is 68.5 Å². The number of aliphatic hydroxyl groups is 1. The summed E-state index contributed by atoms with van der Waals surface area (Å²) < 4.78 is 34.3. The molecule has 3 fully saturated rings. The monoisotopic (exact) mass is 560 g/mol. The van der Waals surface area contributed by atoms with E-state index in [9.17, 15) is 14.7 Å². The van der Waals surface area contributed by atoms with Crippen molar-refractivity contribution in [3.8, 4) is 6.07 Å². The normalized spacial score (nSPS) is 32.4. The van der Waals surface area contributed by atoms with Crippen LogP contribution in [0.3, 0.4) is 0 Å². The minimum absolute atomic E-state index is 0.120. The second kappa shape index (κ2) is 12.0. The Kier molecular flexibility index (Phi) is 8.61. The van der Waals surface area contributed by atoms with Crippen LogP contribution in [0.4, 0.5) is 0 Å². The van der Waals surface area contributed by atoms with Gasteiger partial charge in [0.25, 0.3) is 14.1 Å². The van der Waals surface area contributed by atoms with Crippen LogP contribution in [-0.2, 0) is 28.9 Å². The summed E-state index contributed by atoms with van der Waals surface area (Å²) in [4.78, 5) is 27.0. The van der Waals surface area contributed by atoms with E-state index in [2.05, 4.69) is 28.7 Å². The third-order valence-corrected chi connectivity index (χ3v) is 9.34. The third-order valence-electron chi connectivity index (χ3n) is 7.48. The van der Waals surface area contributed by atoms with Crippen molar-refractivity contribution in [2.45, 2.75) is 69.3 Å². The number of benzene rings is 1. The van der Waals surface area contributed by atoms with Crippen LogP contribution < -0.4 is 11.2 Å². The molecule has 2 aromatic rings. The second-order valence-electron chi connectivity index (χ2n) is 9.99. The van der Waals surface area contributed by atoms with E-state index in [0.717, 1.165) is 24.9 Å². The molecular weight excluding hydrogens is 527 g/mol. The van der Waals surface area contributed by atoms with E-state index >= 15 is 0 Å².